The zero-order chi connectivity index (χ0) is 15.8. The van der Waals surface area contributed by atoms with Gasteiger partial charge in [0.05, 0.1) is 7.11 Å². The van der Waals surface area contributed by atoms with Crippen LogP contribution in [0.5, 0.6) is 5.75 Å². The van der Waals surface area contributed by atoms with Gasteiger partial charge in [-0.25, -0.2) is 0 Å². The van der Waals surface area contributed by atoms with Gasteiger partial charge in [0.25, 0.3) is 0 Å². The zero-order valence-corrected chi connectivity index (χ0v) is 12.3. The molecule has 2 aromatic rings. The third-order valence-electron chi connectivity index (χ3n) is 4.53. The smallest absolute Gasteiger partial charge is 0.402 e. The van der Waals surface area contributed by atoms with Crippen LogP contribution < -0.4 is 4.74 Å². The van der Waals surface area contributed by atoms with Gasteiger partial charge in [0.2, 0.25) is 0 Å². The van der Waals surface area contributed by atoms with Crippen molar-refractivity contribution >= 4 is 0 Å². The van der Waals surface area contributed by atoms with Gasteiger partial charge in [-0.15, -0.1) is 0 Å². The molecule has 0 saturated carbocycles. The molecule has 0 radical (unpaired) electrons. The van der Waals surface area contributed by atoms with Gasteiger partial charge in [0.15, 0.2) is 0 Å². The highest BCUT2D eigenvalue weighted by molar-refractivity contribution is 5.50. The Labute approximate surface area is 127 Å². The lowest BCUT2D eigenvalue weighted by Gasteiger charge is -2.41. The highest BCUT2D eigenvalue weighted by Gasteiger charge is 2.58. The number of hydrogen-bond donors (Lipinski definition) is 0. The second kappa shape index (κ2) is 5.34. The Kier molecular flexibility index (Phi) is 3.63. The summed E-state index contributed by atoms with van der Waals surface area (Å²) in [6, 6.07) is 13.3. The quantitative estimate of drug-likeness (QED) is 0.768. The summed E-state index contributed by atoms with van der Waals surface area (Å²) in [5.41, 5.74) is -0.558. The number of methoxy groups -OCH3 is 1. The maximum atomic E-state index is 14.2. The molecular formula is C18H17F3O. The molecule has 2 aromatic carbocycles. The van der Waals surface area contributed by atoms with Crippen molar-refractivity contribution in [2.45, 2.75) is 30.9 Å². The molecule has 0 heterocycles. The van der Waals surface area contributed by atoms with Crippen molar-refractivity contribution in [3.63, 3.8) is 0 Å². The molecular weight excluding hydrogens is 289 g/mol. The molecule has 1 aliphatic rings. The van der Waals surface area contributed by atoms with E-state index in [2.05, 4.69) is 0 Å². The summed E-state index contributed by atoms with van der Waals surface area (Å²) in [5.74, 6) is 0.463. The number of hydrogen-bond acceptors (Lipinski definition) is 1. The number of alkyl halides is 3. The Balaban J connectivity index is 2.30. The monoisotopic (exact) mass is 306 g/mol. The summed E-state index contributed by atoms with van der Waals surface area (Å²) in [5, 5.41) is 0. The average Bonchev–Trinajstić information content (AvgIpc) is 2.53. The van der Waals surface area contributed by atoms with Crippen molar-refractivity contribution in [1.82, 2.24) is 0 Å². The van der Waals surface area contributed by atoms with Gasteiger partial charge in [-0.1, -0.05) is 36.4 Å². The first-order valence-electron chi connectivity index (χ1n) is 7.29. The van der Waals surface area contributed by atoms with E-state index >= 15 is 0 Å². The van der Waals surface area contributed by atoms with Crippen LogP contribution in [0, 0.1) is 0 Å². The fourth-order valence-electron chi connectivity index (χ4n) is 3.46. The molecule has 0 N–H and O–H groups in total. The molecule has 0 fully saturated rings. The standard InChI is InChI=1S/C18H17F3O/c1-22-15-10-9-13-6-5-11-17(16(13)12-15,18(19,20)21)14-7-3-2-4-8-14/h2-4,7-10,12H,5-6,11H2,1H3. The number of rotatable bonds is 2. The Hall–Kier alpha value is -1.97. The van der Waals surface area contributed by atoms with E-state index in [-0.39, 0.29) is 6.42 Å². The van der Waals surface area contributed by atoms with Crippen LogP contribution in [0.25, 0.3) is 0 Å². The fourth-order valence-corrected chi connectivity index (χ4v) is 3.46. The van der Waals surface area contributed by atoms with E-state index in [0.717, 1.165) is 5.56 Å². The molecule has 1 aliphatic carbocycles. The molecule has 22 heavy (non-hydrogen) atoms. The molecule has 116 valence electrons. The van der Waals surface area contributed by atoms with Crippen molar-refractivity contribution in [3.05, 3.63) is 65.2 Å². The third-order valence-corrected chi connectivity index (χ3v) is 4.53. The van der Waals surface area contributed by atoms with Gasteiger partial charge in [-0.05, 0) is 48.1 Å². The molecule has 0 aromatic heterocycles. The minimum atomic E-state index is -4.35. The number of ether oxygens (including phenoxy) is 1. The minimum absolute atomic E-state index is 0.0701. The first-order valence-corrected chi connectivity index (χ1v) is 7.29. The van der Waals surface area contributed by atoms with Crippen molar-refractivity contribution < 1.29 is 17.9 Å². The lowest BCUT2D eigenvalue weighted by atomic mass is 9.65. The summed E-state index contributed by atoms with van der Waals surface area (Å²) in [6.45, 7) is 0. The average molecular weight is 306 g/mol. The van der Waals surface area contributed by atoms with Crippen LogP contribution in [0.15, 0.2) is 48.5 Å². The Bertz CT molecular complexity index is 664. The molecule has 1 atom stereocenters. The van der Waals surface area contributed by atoms with Crippen molar-refractivity contribution in [2.75, 3.05) is 7.11 Å². The predicted octanol–water partition coefficient (Wildman–Crippen LogP) is 4.88. The Morgan fingerprint density at radius 2 is 1.77 bits per heavy atom. The van der Waals surface area contributed by atoms with E-state index in [1.807, 2.05) is 0 Å². The van der Waals surface area contributed by atoms with Crippen molar-refractivity contribution in [3.8, 4) is 5.75 Å². The number of fused-ring (bicyclic) bond motifs is 1. The molecule has 3 rings (SSSR count). The molecule has 0 amide bonds. The van der Waals surface area contributed by atoms with Crippen LogP contribution in [0.1, 0.15) is 29.5 Å². The van der Waals surface area contributed by atoms with Crippen LogP contribution in [0.4, 0.5) is 13.2 Å². The van der Waals surface area contributed by atoms with Gasteiger partial charge in [0.1, 0.15) is 11.2 Å². The van der Waals surface area contributed by atoms with Gasteiger partial charge in [0, 0.05) is 0 Å². The van der Waals surface area contributed by atoms with E-state index in [9.17, 15) is 13.2 Å². The van der Waals surface area contributed by atoms with Crippen LogP contribution in [0.3, 0.4) is 0 Å². The molecule has 1 nitrogen and oxygen atoms in total. The van der Waals surface area contributed by atoms with Crippen molar-refractivity contribution in [2.24, 2.45) is 0 Å². The Morgan fingerprint density at radius 3 is 2.41 bits per heavy atom. The summed E-state index contributed by atoms with van der Waals surface area (Å²) in [6.07, 6.45) is -3.09. The summed E-state index contributed by atoms with van der Waals surface area (Å²) in [4.78, 5) is 0. The van der Waals surface area contributed by atoms with E-state index in [4.69, 9.17) is 4.74 Å². The SMILES string of the molecule is COc1ccc2c(c1)C(c1ccccc1)(C(F)(F)F)CCC2. The van der Waals surface area contributed by atoms with Crippen LogP contribution in [-0.4, -0.2) is 13.3 Å². The van der Waals surface area contributed by atoms with E-state index < -0.39 is 11.6 Å². The van der Waals surface area contributed by atoms with Crippen LogP contribution in [-0.2, 0) is 11.8 Å². The first-order chi connectivity index (χ1) is 10.5. The largest absolute Gasteiger partial charge is 0.497 e. The molecule has 0 aliphatic heterocycles. The van der Waals surface area contributed by atoms with E-state index in [1.54, 1.807) is 48.5 Å². The van der Waals surface area contributed by atoms with Gasteiger partial charge in [-0.2, -0.15) is 13.2 Å². The molecule has 1 unspecified atom stereocenters. The first kappa shape index (κ1) is 14.9. The topological polar surface area (TPSA) is 9.23 Å². The lowest BCUT2D eigenvalue weighted by molar-refractivity contribution is -0.182. The number of benzene rings is 2. The number of aryl methyl sites for hydroxylation is 1. The highest BCUT2D eigenvalue weighted by Crippen LogP contribution is 2.53. The van der Waals surface area contributed by atoms with Crippen LogP contribution >= 0.6 is 0 Å². The second-order valence-electron chi connectivity index (χ2n) is 5.65. The molecule has 0 spiro atoms. The van der Waals surface area contributed by atoms with E-state index in [1.165, 1.54) is 7.11 Å². The maximum absolute atomic E-state index is 14.2. The fraction of sp³-hybridized carbons (Fsp3) is 0.333. The summed E-state index contributed by atoms with van der Waals surface area (Å²) >= 11 is 0. The van der Waals surface area contributed by atoms with Gasteiger partial charge >= 0.3 is 6.18 Å². The summed E-state index contributed by atoms with van der Waals surface area (Å²) in [7, 11) is 1.47. The predicted molar refractivity (Wildman–Crippen MR) is 79.2 cm³/mol. The molecule has 0 bridgehead atoms. The van der Waals surface area contributed by atoms with E-state index in [0.29, 0.717) is 29.7 Å². The van der Waals surface area contributed by atoms with Gasteiger partial charge in [-0.3, -0.25) is 0 Å². The Morgan fingerprint density at radius 1 is 1.05 bits per heavy atom. The minimum Gasteiger partial charge on any atom is -0.497 e. The summed E-state index contributed by atoms with van der Waals surface area (Å²) < 4.78 is 47.6. The zero-order valence-electron chi connectivity index (χ0n) is 12.3. The van der Waals surface area contributed by atoms with Crippen molar-refractivity contribution in [1.29, 1.82) is 0 Å². The second-order valence-corrected chi connectivity index (χ2v) is 5.65. The molecule has 4 heteroatoms. The highest BCUT2D eigenvalue weighted by atomic mass is 19.4. The lowest BCUT2D eigenvalue weighted by Crippen LogP contribution is -2.46. The maximum Gasteiger partial charge on any atom is 0.402 e. The number of halogens is 3. The van der Waals surface area contributed by atoms with Gasteiger partial charge < -0.3 is 4.74 Å². The normalized spacial score (nSPS) is 21.3. The van der Waals surface area contributed by atoms with Crippen LogP contribution in [0.2, 0.25) is 0 Å². The molecule has 0 saturated heterocycles. The third kappa shape index (κ3) is 2.18.